The molecule has 1 aromatic heterocycles. The molecule has 10 N–H and O–H groups in total. The Bertz CT molecular complexity index is 2110. The van der Waals surface area contributed by atoms with Gasteiger partial charge in [0.1, 0.15) is 23.5 Å². The Balaban J connectivity index is 1.93. The predicted octanol–water partition coefficient (Wildman–Crippen LogP) is 7.01. The predicted molar refractivity (Wildman–Crippen MR) is 244 cm³/mol. The summed E-state index contributed by atoms with van der Waals surface area (Å²) in [5.74, 6) is -8.24. The van der Waals surface area contributed by atoms with Gasteiger partial charge in [-0.3, -0.25) is 24.2 Å². The molecule has 3 amide bonds. The van der Waals surface area contributed by atoms with Gasteiger partial charge < -0.3 is 38.5 Å². The minimum Gasteiger partial charge on any atom is -0.390 e. The van der Waals surface area contributed by atoms with Crippen LogP contribution in [0.1, 0.15) is 103 Å². The number of ketones is 1. The summed E-state index contributed by atoms with van der Waals surface area (Å²) in [5, 5.41) is 10.9. The number of carbonyl (C=O) groups is 4. The summed E-state index contributed by atoms with van der Waals surface area (Å²) in [6.45, 7) is 2.66. The van der Waals surface area contributed by atoms with Crippen molar-refractivity contribution in [1.82, 2.24) is 15.3 Å². The van der Waals surface area contributed by atoms with Gasteiger partial charge in [-0.1, -0.05) is 0 Å². The number of Topliss-reactive ketones (excluding diaryl/α,β-unsaturated/α-hetero) is 1. The lowest BCUT2D eigenvalue weighted by molar-refractivity contribution is -0.119. The van der Waals surface area contributed by atoms with Gasteiger partial charge in [-0.2, -0.15) is 4.39 Å². The first-order chi connectivity index (χ1) is 30.4. The number of hydrogen-bond donors (Lipinski definition) is 7. The number of amidine groups is 1. The van der Waals surface area contributed by atoms with Gasteiger partial charge in [0.05, 0.1) is 28.3 Å². The number of benzene rings is 2. The third-order valence-corrected chi connectivity index (χ3v) is 11.6. The average molecular weight is 938 g/mol. The van der Waals surface area contributed by atoms with Crippen LogP contribution >= 0.6 is 23.5 Å². The van der Waals surface area contributed by atoms with E-state index in [1.165, 1.54) is 30.2 Å². The van der Waals surface area contributed by atoms with Gasteiger partial charge in [-0.15, -0.1) is 23.5 Å². The topological polar surface area (TPSA) is 245 Å². The molecule has 0 aliphatic heterocycles. The number of rotatable bonds is 28. The largest absolute Gasteiger partial charge is 0.390 e. The lowest BCUT2D eigenvalue weighted by Crippen LogP contribution is -2.21. The average Bonchev–Trinajstić information content (AvgIpc) is 3.23. The fourth-order valence-corrected chi connectivity index (χ4v) is 7.98. The highest BCUT2D eigenvalue weighted by Crippen LogP contribution is 2.41. The van der Waals surface area contributed by atoms with Gasteiger partial charge in [0, 0.05) is 92.9 Å². The summed E-state index contributed by atoms with van der Waals surface area (Å²) >= 11 is 2.41. The normalized spacial score (nSPS) is 12.1. The number of nitrogens with zero attached hydrogens (tertiary/aromatic N) is 4. The van der Waals surface area contributed by atoms with Crippen LogP contribution in [0.15, 0.2) is 56.4 Å². The Kier molecular flexibility index (Phi) is 22.1. The molecular weight excluding hydrogens is 882 g/mol. The summed E-state index contributed by atoms with van der Waals surface area (Å²) in [6.07, 6.45) is 4.20. The van der Waals surface area contributed by atoms with Crippen molar-refractivity contribution in [2.75, 3.05) is 60.7 Å². The number of carbonyl (C=O) groups excluding carboxylic acids is 4. The van der Waals surface area contributed by atoms with Crippen molar-refractivity contribution < 1.29 is 41.1 Å². The summed E-state index contributed by atoms with van der Waals surface area (Å²) in [7, 11) is 1.75. The minimum atomic E-state index is -3.42. The van der Waals surface area contributed by atoms with E-state index in [0.29, 0.717) is 68.3 Å². The molecule has 0 bridgehead atoms. The number of halogens is 5. The lowest BCUT2D eigenvalue weighted by Gasteiger charge is -2.21. The number of thioether (sulfide) groups is 2. The SMILES string of the molecule is CNCCSc1c(CCCC(=O)CCCCN=CN)cc(C(C)(F)F)cc1NC(=O)c1cc(C(=O)Nc2cc(C(C)(F)F)cc(NC(=O)CCCCN=C(N)F)c2SCCN)ncn1. The number of nitrogens with one attached hydrogen (secondary N) is 4. The monoisotopic (exact) mass is 937 g/mol. The second-order valence-corrected chi connectivity index (χ2v) is 16.8. The van der Waals surface area contributed by atoms with Crippen LogP contribution in [-0.2, 0) is 27.9 Å². The van der Waals surface area contributed by atoms with E-state index in [1.807, 2.05) is 0 Å². The van der Waals surface area contributed by atoms with Crippen molar-refractivity contribution in [3.05, 3.63) is 64.7 Å². The summed E-state index contributed by atoms with van der Waals surface area (Å²) < 4.78 is 72.2. The first-order valence-electron chi connectivity index (χ1n) is 20.5. The van der Waals surface area contributed by atoms with Crippen molar-refractivity contribution in [3.8, 4) is 0 Å². The summed E-state index contributed by atoms with van der Waals surface area (Å²) in [5.41, 5.74) is 14.8. The van der Waals surface area contributed by atoms with E-state index in [4.69, 9.17) is 17.2 Å². The third kappa shape index (κ3) is 18.1. The van der Waals surface area contributed by atoms with Crippen LogP contribution in [0.5, 0.6) is 0 Å². The highest BCUT2D eigenvalue weighted by molar-refractivity contribution is 7.99. The van der Waals surface area contributed by atoms with Crippen molar-refractivity contribution in [2.24, 2.45) is 27.2 Å². The molecule has 350 valence electrons. The molecule has 0 unspecified atom stereocenters. The van der Waals surface area contributed by atoms with E-state index in [0.717, 1.165) is 43.2 Å². The van der Waals surface area contributed by atoms with Gasteiger partial charge in [0.15, 0.2) is 0 Å². The third-order valence-electron chi connectivity index (χ3n) is 9.21. The maximum absolute atomic E-state index is 14.9. The zero-order chi connectivity index (χ0) is 47.3. The van der Waals surface area contributed by atoms with Crippen LogP contribution in [0.4, 0.5) is 39.0 Å². The maximum Gasteiger partial charge on any atom is 0.275 e. The molecular formula is C42H56F5N11O4S2. The molecule has 0 aliphatic carbocycles. The molecule has 0 saturated heterocycles. The van der Waals surface area contributed by atoms with E-state index in [1.54, 1.807) is 7.05 Å². The molecule has 64 heavy (non-hydrogen) atoms. The lowest BCUT2D eigenvalue weighted by atomic mass is 9.99. The van der Waals surface area contributed by atoms with Crippen LogP contribution in [-0.4, -0.2) is 90.6 Å². The Hall–Kier alpha value is -5.19. The zero-order valence-corrected chi connectivity index (χ0v) is 37.6. The number of aryl methyl sites for hydroxylation is 1. The molecule has 15 nitrogen and oxygen atoms in total. The van der Waals surface area contributed by atoms with E-state index in [9.17, 15) is 41.1 Å². The van der Waals surface area contributed by atoms with Crippen molar-refractivity contribution in [1.29, 1.82) is 0 Å². The quantitative estimate of drug-likeness (QED) is 0.00971. The molecule has 0 saturated carbocycles. The van der Waals surface area contributed by atoms with Crippen LogP contribution < -0.4 is 38.5 Å². The van der Waals surface area contributed by atoms with Gasteiger partial charge in [-0.05, 0) is 75.4 Å². The standard InChI is InChI=1S/C42H56F5N11O4S2/c1-41(44,45)27-19-26(9-8-11-29(59)10-4-6-14-52-24-49)36(64-18-16-51-3)30(20-27)57-38(61)33-23-34(55-25-54-33)39(62)58-32-22-28(42(2,46)47)21-31(37(32)63-17-13-48)56-35(60)12-5-7-15-53-40(43)50/h19-25,51H,4-18,48H2,1-3H3,(H2,49,52)(H2,50,53)(H,56,60)(H,57,61)(H,58,62). The van der Waals surface area contributed by atoms with Crippen molar-refractivity contribution in [3.63, 3.8) is 0 Å². The number of alkyl halides is 4. The van der Waals surface area contributed by atoms with Crippen LogP contribution in [0.25, 0.3) is 0 Å². The fraction of sp³-hybridized carbons (Fsp3) is 0.476. The van der Waals surface area contributed by atoms with E-state index < -0.39 is 41.2 Å². The number of unbranched alkanes of at least 4 members (excludes halogenated alkanes) is 2. The Morgan fingerprint density at radius 2 is 1.30 bits per heavy atom. The highest BCUT2D eigenvalue weighted by atomic mass is 32.2. The molecule has 0 fully saturated rings. The fourth-order valence-electron chi connectivity index (χ4n) is 6.01. The van der Waals surface area contributed by atoms with Crippen molar-refractivity contribution >= 4 is 76.5 Å². The van der Waals surface area contributed by atoms with Gasteiger partial charge in [0.2, 0.25) is 5.91 Å². The number of aromatic nitrogens is 2. The molecule has 3 rings (SSSR count). The Morgan fingerprint density at radius 1 is 0.750 bits per heavy atom. The minimum absolute atomic E-state index is 0.0227. The van der Waals surface area contributed by atoms with Crippen LogP contribution in [0.2, 0.25) is 0 Å². The van der Waals surface area contributed by atoms with E-state index in [-0.39, 0.29) is 89.2 Å². The van der Waals surface area contributed by atoms with E-state index >= 15 is 0 Å². The maximum atomic E-state index is 14.9. The number of anilines is 3. The molecule has 0 aliphatic rings. The second-order valence-electron chi connectivity index (χ2n) is 14.6. The summed E-state index contributed by atoms with van der Waals surface area (Å²) in [4.78, 5) is 69.2. The smallest absolute Gasteiger partial charge is 0.275 e. The number of nitrogens with two attached hydrogens (primary N) is 3. The molecule has 0 spiro atoms. The number of hydrogen-bond acceptors (Lipinski definition) is 12. The number of aliphatic imine (C=N–C) groups is 2. The van der Waals surface area contributed by atoms with Crippen LogP contribution in [0.3, 0.4) is 0 Å². The summed E-state index contributed by atoms with van der Waals surface area (Å²) in [6, 6.07) is 5.76. The van der Waals surface area contributed by atoms with Gasteiger partial charge in [-0.25, -0.2) is 32.5 Å². The van der Waals surface area contributed by atoms with Gasteiger partial charge in [0.25, 0.3) is 29.7 Å². The Labute approximate surface area is 377 Å². The molecule has 2 aromatic carbocycles. The second kappa shape index (κ2) is 26.6. The van der Waals surface area contributed by atoms with E-state index in [2.05, 4.69) is 41.2 Å². The van der Waals surface area contributed by atoms with Crippen LogP contribution in [0, 0.1) is 0 Å². The molecule has 3 aromatic rings. The first kappa shape index (κ1) is 53.2. The highest BCUT2D eigenvalue weighted by Gasteiger charge is 2.30. The number of amides is 3. The molecule has 1 heterocycles. The van der Waals surface area contributed by atoms with Crippen molar-refractivity contribution in [2.45, 2.75) is 93.3 Å². The van der Waals surface area contributed by atoms with Gasteiger partial charge >= 0.3 is 0 Å². The zero-order valence-electron chi connectivity index (χ0n) is 36.0. The molecule has 22 heteroatoms. The Morgan fingerprint density at radius 3 is 1.88 bits per heavy atom. The first-order valence-corrected chi connectivity index (χ1v) is 22.5. The molecule has 0 radical (unpaired) electrons. The molecule has 0 atom stereocenters.